The van der Waals surface area contributed by atoms with Crippen LogP contribution in [0.5, 0.6) is 0 Å². The third-order valence-electron chi connectivity index (χ3n) is 3.99. The second kappa shape index (κ2) is 5.30. The highest BCUT2D eigenvalue weighted by atomic mass is 32.1. The maximum atomic E-state index is 12.6. The van der Waals surface area contributed by atoms with Gasteiger partial charge in [0.05, 0.1) is 5.69 Å². The molecule has 1 fully saturated rings. The molecule has 1 amide bonds. The number of aromatic nitrogens is 1. The van der Waals surface area contributed by atoms with E-state index < -0.39 is 0 Å². The number of thiazole rings is 1. The van der Waals surface area contributed by atoms with Gasteiger partial charge in [0.15, 0.2) is 0 Å². The van der Waals surface area contributed by atoms with E-state index in [1.165, 1.54) is 24.2 Å². The van der Waals surface area contributed by atoms with Crippen molar-refractivity contribution >= 4 is 28.6 Å². The average molecular weight is 306 g/mol. The molecule has 3 nitrogen and oxygen atoms in total. The number of carbonyl (C=O) groups excluding carboxylic acids is 1. The molecule has 2 heterocycles. The summed E-state index contributed by atoms with van der Waals surface area (Å²) in [6, 6.07) is 2.38. The van der Waals surface area contributed by atoms with Crippen molar-refractivity contribution in [1.82, 2.24) is 9.88 Å². The van der Waals surface area contributed by atoms with Crippen molar-refractivity contribution in [3.05, 3.63) is 27.4 Å². The summed E-state index contributed by atoms with van der Waals surface area (Å²) in [6.07, 6.45) is 2.50. The van der Waals surface area contributed by atoms with Crippen molar-refractivity contribution in [3.63, 3.8) is 0 Å². The Bertz CT molecular complexity index is 614. The fraction of sp³-hybridized carbons (Fsp3) is 0.467. The number of hydrogen-bond acceptors (Lipinski definition) is 4. The van der Waals surface area contributed by atoms with Gasteiger partial charge >= 0.3 is 0 Å². The minimum Gasteiger partial charge on any atom is -0.338 e. The molecule has 0 saturated heterocycles. The number of rotatable bonds is 4. The highest BCUT2D eigenvalue weighted by Gasteiger charge is 2.33. The molecule has 1 aliphatic rings. The van der Waals surface area contributed by atoms with Crippen molar-refractivity contribution in [2.75, 3.05) is 7.05 Å². The summed E-state index contributed by atoms with van der Waals surface area (Å²) < 4.78 is 0. The Labute approximate surface area is 127 Å². The number of amides is 1. The predicted molar refractivity (Wildman–Crippen MR) is 84.4 cm³/mol. The second-order valence-corrected chi connectivity index (χ2v) is 7.22. The molecule has 2 aromatic heterocycles. The van der Waals surface area contributed by atoms with Gasteiger partial charge in [-0.2, -0.15) is 11.3 Å². The van der Waals surface area contributed by atoms with Gasteiger partial charge in [0.25, 0.3) is 5.91 Å². The first-order valence-corrected chi connectivity index (χ1v) is 8.61. The minimum absolute atomic E-state index is 0.112. The number of thiophene rings is 1. The molecule has 0 N–H and O–H groups in total. The Morgan fingerprint density at radius 2 is 2.25 bits per heavy atom. The van der Waals surface area contributed by atoms with Crippen molar-refractivity contribution in [2.45, 2.75) is 32.7 Å². The Kier molecular flexibility index (Phi) is 3.65. The van der Waals surface area contributed by atoms with Crippen LogP contribution in [-0.2, 0) is 0 Å². The Morgan fingerprint density at radius 3 is 2.85 bits per heavy atom. The van der Waals surface area contributed by atoms with Gasteiger partial charge in [-0.25, -0.2) is 4.98 Å². The fourth-order valence-corrected chi connectivity index (χ4v) is 4.11. The van der Waals surface area contributed by atoms with Crippen LogP contribution in [-0.4, -0.2) is 28.9 Å². The number of aryl methyl sites for hydroxylation is 1. The predicted octanol–water partition coefficient (Wildman–Crippen LogP) is 4.05. The van der Waals surface area contributed by atoms with E-state index in [0.717, 1.165) is 21.1 Å². The molecule has 1 saturated carbocycles. The summed E-state index contributed by atoms with van der Waals surface area (Å²) in [7, 11) is 1.91. The Balaban J connectivity index is 1.84. The normalized spacial score (nSPS) is 16.1. The van der Waals surface area contributed by atoms with E-state index in [9.17, 15) is 4.79 Å². The Morgan fingerprint density at radius 1 is 1.50 bits per heavy atom. The smallest absolute Gasteiger partial charge is 0.265 e. The van der Waals surface area contributed by atoms with Gasteiger partial charge in [0.1, 0.15) is 9.88 Å². The van der Waals surface area contributed by atoms with Crippen molar-refractivity contribution in [1.29, 1.82) is 0 Å². The summed E-state index contributed by atoms with van der Waals surface area (Å²) in [5.74, 6) is 0.800. The molecule has 0 aromatic carbocycles. The lowest BCUT2D eigenvalue weighted by molar-refractivity contribution is 0.0731. The zero-order valence-electron chi connectivity index (χ0n) is 11.9. The molecule has 0 aliphatic heterocycles. The molecule has 5 heteroatoms. The Hall–Kier alpha value is -1.20. The van der Waals surface area contributed by atoms with Crippen LogP contribution in [0.2, 0.25) is 0 Å². The molecule has 0 spiro atoms. The molecular formula is C15H18N2OS2. The van der Waals surface area contributed by atoms with Crippen LogP contribution in [0.3, 0.4) is 0 Å². The molecule has 3 rings (SSSR count). The lowest BCUT2D eigenvalue weighted by atomic mass is 10.2. The van der Waals surface area contributed by atoms with E-state index in [2.05, 4.69) is 17.3 Å². The van der Waals surface area contributed by atoms with E-state index in [1.807, 2.05) is 30.3 Å². The van der Waals surface area contributed by atoms with Gasteiger partial charge in [0, 0.05) is 24.0 Å². The van der Waals surface area contributed by atoms with Crippen LogP contribution >= 0.6 is 22.7 Å². The lowest BCUT2D eigenvalue weighted by Crippen LogP contribution is -2.36. The molecule has 106 valence electrons. The maximum absolute atomic E-state index is 12.6. The van der Waals surface area contributed by atoms with Crippen molar-refractivity contribution in [2.24, 2.45) is 5.92 Å². The third-order valence-corrected chi connectivity index (χ3v) is 5.87. The molecule has 20 heavy (non-hydrogen) atoms. The first kappa shape index (κ1) is 13.8. The summed E-state index contributed by atoms with van der Waals surface area (Å²) >= 11 is 3.16. The fourth-order valence-electron chi connectivity index (χ4n) is 2.34. The summed E-state index contributed by atoms with van der Waals surface area (Å²) in [6.45, 7) is 4.07. The molecule has 1 atom stereocenters. The average Bonchev–Trinajstić information content (AvgIpc) is 3.00. The van der Waals surface area contributed by atoms with E-state index in [1.54, 1.807) is 11.3 Å². The van der Waals surface area contributed by atoms with E-state index >= 15 is 0 Å². The van der Waals surface area contributed by atoms with Gasteiger partial charge in [-0.05, 0) is 44.1 Å². The molecule has 0 bridgehead atoms. The first-order valence-electron chi connectivity index (χ1n) is 6.85. The standard InChI is InChI=1S/C15H18N2OS2/c1-9-13(15(18)17(3)10(2)11-4-5-11)20-14(16-9)12-6-7-19-8-12/h6-8,10-11H,4-5H2,1-3H3. The van der Waals surface area contributed by atoms with Crippen LogP contribution in [0.1, 0.15) is 35.1 Å². The van der Waals surface area contributed by atoms with Crippen molar-refractivity contribution in [3.8, 4) is 10.6 Å². The van der Waals surface area contributed by atoms with Gasteiger partial charge in [-0.3, -0.25) is 4.79 Å². The first-order chi connectivity index (χ1) is 9.58. The molecular weight excluding hydrogens is 288 g/mol. The number of carbonyl (C=O) groups is 1. The number of nitrogens with zero attached hydrogens (tertiary/aromatic N) is 2. The van der Waals surface area contributed by atoms with Crippen LogP contribution < -0.4 is 0 Å². The lowest BCUT2D eigenvalue weighted by Gasteiger charge is -2.24. The summed E-state index contributed by atoms with van der Waals surface area (Å²) in [4.78, 5) is 19.8. The van der Waals surface area contributed by atoms with Crippen LogP contribution in [0.25, 0.3) is 10.6 Å². The SMILES string of the molecule is Cc1nc(-c2ccsc2)sc1C(=O)N(C)C(C)C1CC1. The van der Waals surface area contributed by atoms with E-state index in [4.69, 9.17) is 0 Å². The summed E-state index contributed by atoms with van der Waals surface area (Å²) in [5.41, 5.74) is 1.95. The highest BCUT2D eigenvalue weighted by Crippen LogP contribution is 2.36. The maximum Gasteiger partial charge on any atom is 0.265 e. The second-order valence-electron chi connectivity index (χ2n) is 5.44. The molecule has 0 radical (unpaired) electrons. The van der Waals surface area contributed by atoms with Crippen LogP contribution in [0.4, 0.5) is 0 Å². The van der Waals surface area contributed by atoms with E-state index in [-0.39, 0.29) is 5.91 Å². The quantitative estimate of drug-likeness (QED) is 0.853. The zero-order chi connectivity index (χ0) is 14.3. The van der Waals surface area contributed by atoms with Crippen LogP contribution in [0.15, 0.2) is 16.8 Å². The largest absolute Gasteiger partial charge is 0.338 e. The zero-order valence-corrected chi connectivity index (χ0v) is 13.6. The minimum atomic E-state index is 0.112. The monoisotopic (exact) mass is 306 g/mol. The van der Waals surface area contributed by atoms with Gasteiger partial charge in [-0.15, -0.1) is 11.3 Å². The molecule has 1 aliphatic carbocycles. The van der Waals surface area contributed by atoms with E-state index in [0.29, 0.717) is 12.0 Å². The summed E-state index contributed by atoms with van der Waals surface area (Å²) in [5, 5.41) is 5.05. The van der Waals surface area contributed by atoms with Gasteiger partial charge in [-0.1, -0.05) is 0 Å². The van der Waals surface area contributed by atoms with Gasteiger partial charge < -0.3 is 4.90 Å². The van der Waals surface area contributed by atoms with Crippen molar-refractivity contribution < 1.29 is 4.79 Å². The molecule has 1 unspecified atom stereocenters. The topological polar surface area (TPSA) is 33.2 Å². The number of hydrogen-bond donors (Lipinski definition) is 0. The van der Waals surface area contributed by atoms with Crippen LogP contribution in [0, 0.1) is 12.8 Å². The highest BCUT2D eigenvalue weighted by molar-refractivity contribution is 7.17. The third kappa shape index (κ3) is 2.52. The van der Waals surface area contributed by atoms with Gasteiger partial charge in [0.2, 0.25) is 0 Å². The molecule has 2 aromatic rings.